The van der Waals surface area contributed by atoms with Crippen LogP contribution in [-0.2, 0) is 0 Å². The second-order valence-electron chi connectivity index (χ2n) is 8.14. The van der Waals surface area contributed by atoms with E-state index in [2.05, 4.69) is 36.8 Å². The molecule has 1 amide bonds. The molecule has 0 saturated carbocycles. The summed E-state index contributed by atoms with van der Waals surface area (Å²) in [6, 6.07) is 6.11. The largest absolute Gasteiger partial charge is 0.405 e. The number of nitrogens with one attached hydrogen (secondary N) is 3. The van der Waals surface area contributed by atoms with Gasteiger partial charge in [0.1, 0.15) is 24.4 Å². The summed E-state index contributed by atoms with van der Waals surface area (Å²) in [5, 5.41) is 16.9. The van der Waals surface area contributed by atoms with Crippen molar-refractivity contribution in [2.75, 3.05) is 23.7 Å². The molecule has 3 heterocycles. The third-order valence-corrected chi connectivity index (χ3v) is 4.80. The van der Waals surface area contributed by atoms with Crippen LogP contribution < -0.4 is 16.0 Å². The molecule has 0 bridgehead atoms. The normalized spacial score (nSPS) is 12.6. The molecular weight excluding hydrogens is 468 g/mol. The van der Waals surface area contributed by atoms with Crippen molar-refractivity contribution >= 4 is 34.3 Å². The van der Waals surface area contributed by atoms with E-state index in [1.165, 1.54) is 26.1 Å². The van der Waals surface area contributed by atoms with Crippen molar-refractivity contribution < 1.29 is 27.5 Å². The molecule has 1 atom stereocenters. The summed E-state index contributed by atoms with van der Waals surface area (Å²) in [5.41, 5.74) is -0.539. The van der Waals surface area contributed by atoms with Gasteiger partial charge in [-0.3, -0.25) is 9.78 Å². The monoisotopic (exact) mass is 490 g/mol. The Morgan fingerprint density at radius 2 is 1.89 bits per heavy atom. The lowest BCUT2D eigenvalue weighted by Crippen LogP contribution is -2.42. The molecule has 0 spiro atoms. The number of carbonyl (C=O) groups is 1. The zero-order valence-electron chi connectivity index (χ0n) is 18.7. The molecule has 12 heteroatoms. The van der Waals surface area contributed by atoms with Crippen molar-refractivity contribution in [2.24, 2.45) is 0 Å². The van der Waals surface area contributed by atoms with E-state index in [0.717, 1.165) is 6.20 Å². The minimum atomic E-state index is -4.56. The van der Waals surface area contributed by atoms with E-state index in [0.29, 0.717) is 22.4 Å². The molecule has 0 aliphatic rings. The van der Waals surface area contributed by atoms with Gasteiger partial charge in [-0.2, -0.15) is 13.2 Å². The van der Waals surface area contributed by atoms with Crippen LogP contribution in [0.4, 0.5) is 34.9 Å². The number of anilines is 3. The average Bonchev–Trinajstić information content (AvgIpc) is 2.79. The third-order valence-electron chi connectivity index (χ3n) is 4.80. The summed E-state index contributed by atoms with van der Waals surface area (Å²) in [6.07, 6.45) is 1.60. The van der Waals surface area contributed by atoms with Gasteiger partial charge in [-0.25, -0.2) is 14.4 Å². The molecule has 3 aromatic rings. The summed E-state index contributed by atoms with van der Waals surface area (Å²) in [5.74, 6) is 2.00. The molecule has 4 N–H and O–H groups in total. The Morgan fingerprint density at radius 3 is 2.54 bits per heavy atom. The minimum absolute atomic E-state index is 0.0963. The maximum Gasteiger partial charge on any atom is 0.405 e. The highest BCUT2D eigenvalue weighted by Gasteiger charge is 2.29. The Balaban J connectivity index is 1.85. The van der Waals surface area contributed by atoms with E-state index < -0.39 is 36.9 Å². The number of halogens is 4. The maximum absolute atomic E-state index is 14.0. The lowest BCUT2D eigenvalue weighted by molar-refractivity contribution is -0.115. The molecular formula is C23H22F4N6O2. The maximum atomic E-state index is 14.0. The topological polar surface area (TPSA) is 112 Å². The van der Waals surface area contributed by atoms with Crippen molar-refractivity contribution in [1.82, 2.24) is 20.3 Å². The second kappa shape index (κ2) is 10.1. The molecule has 0 radical (unpaired) electrons. The average molecular weight is 490 g/mol. The fourth-order valence-electron chi connectivity index (χ4n) is 2.86. The molecule has 0 saturated heterocycles. The van der Waals surface area contributed by atoms with Crippen LogP contribution in [0.15, 0.2) is 36.7 Å². The first-order valence-electron chi connectivity index (χ1n) is 10.3. The third kappa shape index (κ3) is 7.00. The van der Waals surface area contributed by atoms with Gasteiger partial charge in [0.2, 0.25) is 0 Å². The van der Waals surface area contributed by atoms with Gasteiger partial charge in [-0.15, -0.1) is 6.42 Å². The molecule has 1 unspecified atom stereocenters. The minimum Gasteiger partial charge on any atom is -0.387 e. The predicted molar refractivity (Wildman–Crippen MR) is 123 cm³/mol. The number of terminal acetylenes is 1. The molecule has 3 rings (SSSR count). The number of amides is 1. The standard InChI is InChI=1S/C23H22F4N6O2/c1-4-13-7-17-15(28-9-13)5-6-19(32-17)33-20-8-16(31-12-23(25,26)27)14(10-29-20)21(34)30-11-18(24)22(2,3)35/h1,5-10,18,35H,11-12H2,2-3H3,(H,30,34)(H2,29,31,32,33). The summed E-state index contributed by atoms with van der Waals surface area (Å²) < 4.78 is 52.4. The van der Waals surface area contributed by atoms with Crippen molar-refractivity contribution in [1.29, 1.82) is 0 Å². The van der Waals surface area contributed by atoms with Gasteiger partial charge >= 0.3 is 6.18 Å². The predicted octanol–water partition coefficient (Wildman–Crippen LogP) is 3.56. The fraction of sp³-hybridized carbons (Fsp3) is 0.304. The van der Waals surface area contributed by atoms with Gasteiger partial charge in [0.05, 0.1) is 34.4 Å². The molecule has 184 valence electrons. The van der Waals surface area contributed by atoms with Crippen LogP contribution in [-0.4, -0.2) is 57.0 Å². The molecule has 0 aliphatic carbocycles. The molecule has 3 aromatic heterocycles. The Hall–Kier alpha value is -3.98. The smallest absolute Gasteiger partial charge is 0.387 e. The Kier molecular flexibility index (Phi) is 7.40. The van der Waals surface area contributed by atoms with E-state index in [1.807, 2.05) is 0 Å². The Morgan fingerprint density at radius 1 is 1.14 bits per heavy atom. The quantitative estimate of drug-likeness (QED) is 0.282. The van der Waals surface area contributed by atoms with Crippen molar-refractivity contribution in [3.63, 3.8) is 0 Å². The first-order valence-corrected chi connectivity index (χ1v) is 10.3. The van der Waals surface area contributed by atoms with Crippen LogP contribution >= 0.6 is 0 Å². The lowest BCUT2D eigenvalue weighted by atomic mass is 10.0. The fourth-order valence-corrected chi connectivity index (χ4v) is 2.86. The number of fused-ring (bicyclic) bond motifs is 1. The number of hydrogen-bond acceptors (Lipinski definition) is 7. The number of hydrogen-bond donors (Lipinski definition) is 4. The number of aromatic nitrogens is 3. The SMILES string of the molecule is C#Cc1cnc2ccc(Nc3cc(NCC(F)(F)F)c(C(=O)NCC(F)C(C)(C)O)cn3)nc2c1. The van der Waals surface area contributed by atoms with Crippen LogP contribution in [0, 0.1) is 12.3 Å². The van der Waals surface area contributed by atoms with E-state index in [4.69, 9.17) is 6.42 Å². The highest BCUT2D eigenvalue weighted by molar-refractivity contribution is 5.99. The summed E-state index contributed by atoms with van der Waals surface area (Å²) >= 11 is 0. The Labute approximate surface area is 198 Å². The summed E-state index contributed by atoms with van der Waals surface area (Å²) in [7, 11) is 0. The number of carbonyl (C=O) groups excluding carboxylic acids is 1. The van der Waals surface area contributed by atoms with Gasteiger partial charge in [0, 0.05) is 24.0 Å². The molecule has 35 heavy (non-hydrogen) atoms. The first kappa shape index (κ1) is 25.6. The van der Waals surface area contributed by atoms with Crippen LogP contribution in [0.3, 0.4) is 0 Å². The molecule has 0 fully saturated rings. The van der Waals surface area contributed by atoms with E-state index in [-0.39, 0.29) is 17.1 Å². The van der Waals surface area contributed by atoms with Gasteiger partial charge in [-0.1, -0.05) is 5.92 Å². The van der Waals surface area contributed by atoms with Gasteiger partial charge in [0.25, 0.3) is 5.91 Å². The van der Waals surface area contributed by atoms with Gasteiger partial charge in [0.15, 0.2) is 0 Å². The molecule has 0 aliphatic heterocycles. The van der Waals surface area contributed by atoms with Gasteiger partial charge < -0.3 is 21.1 Å². The number of pyridine rings is 3. The van der Waals surface area contributed by atoms with Crippen molar-refractivity contribution in [3.8, 4) is 12.3 Å². The number of aliphatic hydroxyl groups is 1. The molecule has 0 aromatic carbocycles. The summed E-state index contributed by atoms with van der Waals surface area (Å²) in [6.45, 7) is 0.495. The Bertz CT molecular complexity index is 1270. The summed E-state index contributed by atoms with van der Waals surface area (Å²) in [4.78, 5) is 25.1. The highest BCUT2D eigenvalue weighted by atomic mass is 19.4. The van der Waals surface area contributed by atoms with Gasteiger partial charge in [-0.05, 0) is 32.0 Å². The van der Waals surface area contributed by atoms with E-state index >= 15 is 0 Å². The van der Waals surface area contributed by atoms with E-state index in [9.17, 15) is 27.5 Å². The van der Waals surface area contributed by atoms with Crippen molar-refractivity contribution in [2.45, 2.75) is 31.8 Å². The lowest BCUT2D eigenvalue weighted by Gasteiger charge is -2.22. The number of nitrogens with zero attached hydrogens (tertiary/aromatic N) is 3. The first-order chi connectivity index (χ1) is 16.4. The second-order valence-corrected chi connectivity index (χ2v) is 8.14. The van der Waals surface area contributed by atoms with E-state index in [1.54, 1.807) is 18.2 Å². The number of rotatable bonds is 8. The molecule has 8 nitrogen and oxygen atoms in total. The zero-order chi connectivity index (χ0) is 25.8. The highest BCUT2D eigenvalue weighted by Crippen LogP contribution is 2.24. The van der Waals surface area contributed by atoms with Crippen LogP contribution in [0.5, 0.6) is 0 Å². The van der Waals surface area contributed by atoms with Crippen LogP contribution in [0.2, 0.25) is 0 Å². The number of alkyl halides is 4. The zero-order valence-corrected chi connectivity index (χ0v) is 18.7. The van der Waals surface area contributed by atoms with Crippen LogP contribution in [0.25, 0.3) is 11.0 Å². The van der Waals surface area contributed by atoms with Crippen LogP contribution in [0.1, 0.15) is 29.8 Å². The van der Waals surface area contributed by atoms with Crippen molar-refractivity contribution in [3.05, 3.63) is 47.8 Å².